The van der Waals surface area contributed by atoms with Gasteiger partial charge in [0.05, 0.1) is 8.07 Å². The second-order valence-electron chi connectivity index (χ2n) is 4.28. The SMILES string of the molecule is CC(C)SC(=O)C[Si](C)(C)C. The van der Waals surface area contributed by atoms with Crippen LogP contribution in [-0.2, 0) is 4.79 Å². The summed E-state index contributed by atoms with van der Waals surface area (Å²) in [5.74, 6) is 0. The molecule has 0 fully saturated rings. The molecule has 0 heterocycles. The molecule has 0 atom stereocenters. The van der Waals surface area contributed by atoms with Crippen molar-refractivity contribution in [3.63, 3.8) is 0 Å². The Balaban J connectivity index is 3.71. The molecular weight excluding hydrogens is 172 g/mol. The van der Waals surface area contributed by atoms with Gasteiger partial charge < -0.3 is 0 Å². The van der Waals surface area contributed by atoms with Gasteiger partial charge in [-0.25, -0.2) is 0 Å². The Hall–Kier alpha value is 0.237. The van der Waals surface area contributed by atoms with E-state index in [9.17, 15) is 4.79 Å². The fourth-order valence-corrected chi connectivity index (χ4v) is 3.76. The molecule has 0 rings (SSSR count). The molecule has 0 saturated heterocycles. The molecule has 0 aromatic heterocycles. The van der Waals surface area contributed by atoms with Gasteiger partial charge in [0, 0.05) is 11.3 Å². The summed E-state index contributed by atoms with van der Waals surface area (Å²) in [6, 6.07) is 0.815. The third kappa shape index (κ3) is 8.14. The van der Waals surface area contributed by atoms with E-state index in [-0.39, 0.29) is 0 Å². The summed E-state index contributed by atoms with van der Waals surface area (Å²) in [6.07, 6.45) is 0. The van der Waals surface area contributed by atoms with Crippen molar-refractivity contribution in [3.05, 3.63) is 0 Å². The Bertz CT molecular complexity index is 138. The van der Waals surface area contributed by atoms with Crippen LogP contribution in [0.1, 0.15) is 13.8 Å². The first-order valence-corrected chi connectivity index (χ1v) is 8.59. The number of hydrogen-bond acceptors (Lipinski definition) is 2. The minimum atomic E-state index is -1.16. The molecule has 3 heteroatoms. The number of thioether (sulfide) groups is 1. The highest BCUT2D eigenvalue weighted by Crippen LogP contribution is 2.18. The normalized spacial score (nSPS) is 12.2. The average Bonchev–Trinajstić information content (AvgIpc) is 1.53. The predicted molar refractivity (Wildman–Crippen MR) is 55.9 cm³/mol. The monoisotopic (exact) mass is 190 g/mol. The van der Waals surface area contributed by atoms with E-state index >= 15 is 0 Å². The maximum absolute atomic E-state index is 11.3. The van der Waals surface area contributed by atoms with Crippen molar-refractivity contribution in [2.24, 2.45) is 0 Å². The van der Waals surface area contributed by atoms with Crippen molar-refractivity contribution in [2.75, 3.05) is 0 Å². The molecule has 0 aliphatic carbocycles. The van der Waals surface area contributed by atoms with Crippen LogP contribution in [0.25, 0.3) is 0 Å². The lowest BCUT2D eigenvalue weighted by atomic mass is 10.6. The third-order valence-corrected chi connectivity index (χ3v) is 3.56. The van der Waals surface area contributed by atoms with E-state index in [4.69, 9.17) is 0 Å². The zero-order valence-corrected chi connectivity index (χ0v) is 9.92. The van der Waals surface area contributed by atoms with Crippen LogP contribution in [-0.4, -0.2) is 18.4 Å². The molecule has 11 heavy (non-hydrogen) atoms. The molecule has 0 amide bonds. The second kappa shape index (κ2) is 4.31. The Morgan fingerprint density at radius 2 is 1.82 bits per heavy atom. The van der Waals surface area contributed by atoms with Gasteiger partial charge in [0.15, 0.2) is 5.12 Å². The molecule has 0 aromatic rings. The standard InChI is InChI=1S/C8H18OSSi/c1-7(2)10-8(9)6-11(3,4)5/h7H,6H2,1-5H3. The molecule has 0 N–H and O–H groups in total. The number of carbonyl (C=O) groups is 1. The predicted octanol–water partition coefficient (Wildman–Crippen LogP) is 2.99. The van der Waals surface area contributed by atoms with Crippen LogP contribution in [0, 0.1) is 0 Å². The number of hydrogen-bond donors (Lipinski definition) is 0. The second-order valence-corrected chi connectivity index (χ2v) is 11.4. The van der Waals surface area contributed by atoms with Gasteiger partial charge in [-0.2, -0.15) is 0 Å². The fraction of sp³-hybridized carbons (Fsp3) is 0.875. The molecular formula is C8H18OSSi. The Morgan fingerprint density at radius 1 is 1.36 bits per heavy atom. The maximum Gasteiger partial charge on any atom is 0.186 e. The molecule has 0 spiro atoms. The fourth-order valence-electron chi connectivity index (χ4n) is 0.738. The van der Waals surface area contributed by atoms with Gasteiger partial charge in [-0.15, -0.1) is 0 Å². The van der Waals surface area contributed by atoms with Gasteiger partial charge in [-0.1, -0.05) is 45.3 Å². The van der Waals surface area contributed by atoms with Gasteiger partial charge in [-0.3, -0.25) is 4.79 Å². The Labute approximate surface area is 75.0 Å². The minimum Gasteiger partial charge on any atom is -0.288 e. The van der Waals surface area contributed by atoms with E-state index in [1.54, 1.807) is 0 Å². The zero-order valence-electron chi connectivity index (χ0n) is 8.10. The van der Waals surface area contributed by atoms with Crippen LogP contribution in [0.3, 0.4) is 0 Å². The largest absolute Gasteiger partial charge is 0.288 e. The molecule has 0 saturated carbocycles. The van der Waals surface area contributed by atoms with Gasteiger partial charge in [0.25, 0.3) is 0 Å². The van der Waals surface area contributed by atoms with Crippen LogP contribution < -0.4 is 0 Å². The molecule has 0 aromatic carbocycles. The van der Waals surface area contributed by atoms with Crippen molar-refractivity contribution in [1.82, 2.24) is 0 Å². The summed E-state index contributed by atoms with van der Waals surface area (Å²) in [7, 11) is -1.16. The van der Waals surface area contributed by atoms with Crippen LogP contribution in [0.5, 0.6) is 0 Å². The molecule has 0 aliphatic heterocycles. The zero-order chi connectivity index (χ0) is 9.07. The highest BCUT2D eigenvalue weighted by Gasteiger charge is 2.18. The van der Waals surface area contributed by atoms with E-state index in [0.717, 1.165) is 6.04 Å². The first-order valence-electron chi connectivity index (χ1n) is 4.01. The minimum absolute atomic E-state index is 0.374. The Morgan fingerprint density at radius 3 is 2.09 bits per heavy atom. The summed E-state index contributed by atoms with van der Waals surface area (Å²) in [6.45, 7) is 10.8. The highest BCUT2D eigenvalue weighted by atomic mass is 32.2. The van der Waals surface area contributed by atoms with E-state index in [0.29, 0.717) is 10.4 Å². The summed E-state index contributed by atoms with van der Waals surface area (Å²) in [5, 5.41) is 0.818. The van der Waals surface area contributed by atoms with Crippen molar-refractivity contribution >= 4 is 25.0 Å². The molecule has 0 radical (unpaired) electrons. The van der Waals surface area contributed by atoms with Crippen molar-refractivity contribution in [1.29, 1.82) is 0 Å². The van der Waals surface area contributed by atoms with Crippen molar-refractivity contribution in [3.8, 4) is 0 Å². The third-order valence-electron chi connectivity index (χ3n) is 1.04. The molecule has 1 nitrogen and oxygen atoms in total. The first kappa shape index (κ1) is 11.2. The van der Waals surface area contributed by atoms with Crippen molar-refractivity contribution in [2.45, 2.75) is 44.8 Å². The lowest BCUT2D eigenvalue weighted by molar-refractivity contribution is -0.109. The van der Waals surface area contributed by atoms with Crippen LogP contribution in [0.2, 0.25) is 25.7 Å². The first-order chi connectivity index (χ1) is 4.81. The quantitative estimate of drug-likeness (QED) is 0.636. The summed E-state index contributed by atoms with van der Waals surface area (Å²) in [4.78, 5) is 11.3. The van der Waals surface area contributed by atoms with E-state index < -0.39 is 8.07 Å². The van der Waals surface area contributed by atoms with Gasteiger partial charge in [0.2, 0.25) is 0 Å². The average molecular weight is 190 g/mol. The molecule has 0 bridgehead atoms. The van der Waals surface area contributed by atoms with E-state index in [1.807, 2.05) is 0 Å². The maximum atomic E-state index is 11.3. The van der Waals surface area contributed by atoms with Crippen molar-refractivity contribution < 1.29 is 4.79 Å². The molecule has 0 unspecified atom stereocenters. The summed E-state index contributed by atoms with van der Waals surface area (Å²) in [5.41, 5.74) is 0. The van der Waals surface area contributed by atoms with Crippen LogP contribution in [0.4, 0.5) is 0 Å². The van der Waals surface area contributed by atoms with Gasteiger partial charge in [-0.05, 0) is 0 Å². The van der Waals surface area contributed by atoms with Crippen LogP contribution >= 0.6 is 11.8 Å². The molecule has 0 aliphatic rings. The lowest BCUT2D eigenvalue weighted by Crippen LogP contribution is -2.23. The van der Waals surface area contributed by atoms with Crippen LogP contribution in [0.15, 0.2) is 0 Å². The van der Waals surface area contributed by atoms with Gasteiger partial charge >= 0.3 is 0 Å². The summed E-state index contributed by atoms with van der Waals surface area (Å²) < 4.78 is 0. The van der Waals surface area contributed by atoms with E-state index in [2.05, 4.69) is 33.5 Å². The molecule has 66 valence electrons. The van der Waals surface area contributed by atoms with E-state index in [1.165, 1.54) is 11.8 Å². The number of rotatable bonds is 3. The highest BCUT2D eigenvalue weighted by molar-refractivity contribution is 8.14. The van der Waals surface area contributed by atoms with Gasteiger partial charge in [0.1, 0.15) is 0 Å². The Kier molecular flexibility index (Phi) is 4.40. The topological polar surface area (TPSA) is 17.1 Å². The smallest absolute Gasteiger partial charge is 0.186 e. The summed E-state index contributed by atoms with van der Waals surface area (Å²) >= 11 is 1.48. The lowest BCUT2D eigenvalue weighted by Gasteiger charge is -2.14. The number of carbonyl (C=O) groups excluding carboxylic acids is 1.